The van der Waals surface area contributed by atoms with Crippen LogP contribution >= 0.6 is 0 Å². The highest BCUT2D eigenvalue weighted by Gasteiger charge is 2.20. The molecule has 0 aromatic carbocycles. The van der Waals surface area contributed by atoms with E-state index in [0.29, 0.717) is 0 Å². The first-order valence-corrected chi connectivity index (χ1v) is 3.20. The molecule has 3 heteroatoms. The SMILES string of the molecule is CC1NCCN(C)C1=O. The van der Waals surface area contributed by atoms with Gasteiger partial charge < -0.3 is 10.2 Å². The van der Waals surface area contributed by atoms with Crippen molar-refractivity contribution in [1.82, 2.24) is 10.2 Å². The Bertz CT molecular complexity index is 112. The van der Waals surface area contributed by atoms with Crippen molar-refractivity contribution >= 4 is 5.91 Å². The summed E-state index contributed by atoms with van der Waals surface area (Å²) >= 11 is 0. The standard InChI is InChI=1S/C6H12N2O/c1-5-6(9)8(2)4-3-7-5/h5,7H,3-4H2,1-2H3. The van der Waals surface area contributed by atoms with E-state index in [1.165, 1.54) is 0 Å². The van der Waals surface area contributed by atoms with Crippen molar-refractivity contribution in [2.75, 3.05) is 20.1 Å². The molecule has 3 nitrogen and oxygen atoms in total. The van der Waals surface area contributed by atoms with Gasteiger partial charge in [-0.05, 0) is 6.92 Å². The second kappa shape index (κ2) is 2.35. The molecule has 1 heterocycles. The summed E-state index contributed by atoms with van der Waals surface area (Å²) in [5.74, 6) is 0.196. The van der Waals surface area contributed by atoms with E-state index in [4.69, 9.17) is 0 Å². The van der Waals surface area contributed by atoms with Gasteiger partial charge in [0.15, 0.2) is 0 Å². The van der Waals surface area contributed by atoms with Crippen LogP contribution in [0.5, 0.6) is 0 Å². The van der Waals surface area contributed by atoms with Gasteiger partial charge in [-0.25, -0.2) is 0 Å². The minimum atomic E-state index is 0.0174. The van der Waals surface area contributed by atoms with Crippen molar-refractivity contribution in [1.29, 1.82) is 0 Å². The largest absolute Gasteiger partial charge is 0.343 e. The smallest absolute Gasteiger partial charge is 0.239 e. The van der Waals surface area contributed by atoms with Crippen LogP contribution in [-0.2, 0) is 4.79 Å². The number of piperazine rings is 1. The summed E-state index contributed by atoms with van der Waals surface area (Å²) in [4.78, 5) is 12.7. The summed E-state index contributed by atoms with van der Waals surface area (Å²) in [5, 5.41) is 3.07. The van der Waals surface area contributed by atoms with E-state index in [2.05, 4.69) is 5.32 Å². The molecule has 1 amide bonds. The topological polar surface area (TPSA) is 32.3 Å². The molecule has 1 fully saturated rings. The van der Waals surface area contributed by atoms with Crippen LogP contribution in [0, 0.1) is 0 Å². The summed E-state index contributed by atoms with van der Waals surface area (Å²) in [6.45, 7) is 3.64. The average Bonchev–Trinajstić information content (AvgIpc) is 1.83. The molecule has 1 unspecified atom stereocenters. The van der Waals surface area contributed by atoms with E-state index in [9.17, 15) is 4.79 Å². The van der Waals surface area contributed by atoms with Crippen LogP contribution < -0.4 is 5.32 Å². The zero-order valence-electron chi connectivity index (χ0n) is 5.85. The molecule has 9 heavy (non-hydrogen) atoms. The second-order valence-electron chi connectivity index (χ2n) is 2.44. The molecular formula is C6H12N2O. The number of amides is 1. The van der Waals surface area contributed by atoms with Gasteiger partial charge in [0.1, 0.15) is 0 Å². The summed E-state index contributed by atoms with van der Waals surface area (Å²) in [6.07, 6.45) is 0. The highest BCUT2D eigenvalue weighted by Crippen LogP contribution is 1.95. The van der Waals surface area contributed by atoms with Gasteiger partial charge in [0, 0.05) is 20.1 Å². The third kappa shape index (κ3) is 1.21. The van der Waals surface area contributed by atoms with Gasteiger partial charge in [-0.3, -0.25) is 4.79 Å². The van der Waals surface area contributed by atoms with Crippen LogP contribution in [-0.4, -0.2) is 37.0 Å². The molecule has 1 aliphatic heterocycles. The van der Waals surface area contributed by atoms with E-state index >= 15 is 0 Å². The lowest BCUT2D eigenvalue weighted by molar-refractivity contribution is -0.133. The Hall–Kier alpha value is -0.570. The van der Waals surface area contributed by atoms with Gasteiger partial charge >= 0.3 is 0 Å². The molecule has 0 saturated carbocycles. The predicted molar refractivity (Wildman–Crippen MR) is 35.1 cm³/mol. The van der Waals surface area contributed by atoms with Crippen LogP contribution in [0.3, 0.4) is 0 Å². The van der Waals surface area contributed by atoms with E-state index in [1.807, 2.05) is 14.0 Å². The van der Waals surface area contributed by atoms with Gasteiger partial charge in [-0.15, -0.1) is 0 Å². The summed E-state index contributed by atoms with van der Waals surface area (Å²) in [7, 11) is 1.83. The maximum atomic E-state index is 11.0. The zero-order valence-corrected chi connectivity index (χ0v) is 5.85. The summed E-state index contributed by atoms with van der Waals surface area (Å²) in [6, 6.07) is 0.0174. The van der Waals surface area contributed by atoms with Crippen molar-refractivity contribution < 1.29 is 4.79 Å². The van der Waals surface area contributed by atoms with Gasteiger partial charge in [-0.2, -0.15) is 0 Å². The molecular weight excluding hydrogens is 116 g/mol. The molecule has 0 bridgehead atoms. The van der Waals surface area contributed by atoms with E-state index < -0.39 is 0 Å². The van der Waals surface area contributed by atoms with Crippen LogP contribution in [0.2, 0.25) is 0 Å². The minimum absolute atomic E-state index is 0.0174. The molecule has 0 radical (unpaired) electrons. The number of likely N-dealkylation sites (N-methyl/N-ethyl adjacent to an activating group) is 1. The number of nitrogens with one attached hydrogen (secondary N) is 1. The molecule has 0 aromatic heterocycles. The van der Waals surface area contributed by atoms with Crippen molar-refractivity contribution in [2.24, 2.45) is 0 Å². The fourth-order valence-corrected chi connectivity index (χ4v) is 0.977. The van der Waals surface area contributed by atoms with Crippen LogP contribution in [0.1, 0.15) is 6.92 Å². The molecule has 52 valence electrons. The van der Waals surface area contributed by atoms with Gasteiger partial charge in [0.05, 0.1) is 6.04 Å². The summed E-state index contributed by atoms with van der Waals surface area (Å²) < 4.78 is 0. The second-order valence-corrected chi connectivity index (χ2v) is 2.44. The molecule has 1 atom stereocenters. The van der Waals surface area contributed by atoms with Crippen molar-refractivity contribution in [3.05, 3.63) is 0 Å². The molecule has 1 rings (SSSR count). The minimum Gasteiger partial charge on any atom is -0.343 e. The van der Waals surface area contributed by atoms with Gasteiger partial charge in [0.2, 0.25) is 5.91 Å². The Balaban J connectivity index is 2.52. The quantitative estimate of drug-likeness (QED) is 0.474. The highest BCUT2D eigenvalue weighted by atomic mass is 16.2. The number of carbonyl (C=O) groups excluding carboxylic acids is 1. The van der Waals surface area contributed by atoms with Gasteiger partial charge in [-0.1, -0.05) is 0 Å². The Morgan fingerprint density at radius 3 is 2.89 bits per heavy atom. The van der Waals surface area contributed by atoms with Crippen LogP contribution in [0.25, 0.3) is 0 Å². The zero-order chi connectivity index (χ0) is 6.85. The Labute approximate surface area is 55.0 Å². The molecule has 1 saturated heterocycles. The number of rotatable bonds is 0. The molecule has 0 aliphatic carbocycles. The molecule has 0 aromatic rings. The molecule has 0 spiro atoms. The first-order valence-electron chi connectivity index (χ1n) is 3.20. The first kappa shape index (κ1) is 6.55. The lowest BCUT2D eigenvalue weighted by Gasteiger charge is -2.27. The molecule has 1 N–H and O–H groups in total. The normalized spacial score (nSPS) is 28.9. The first-order chi connectivity index (χ1) is 4.22. The maximum Gasteiger partial charge on any atom is 0.239 e. The predicted octanol–water partition coefficient (Wildman–Crippen LogP) is -0.563. The van der Waals surface area contributed by atoms with E-state index in [1.54, 1.807) is 4.90 Å². The van der Waals surface area contributed by atoms with Crippen molar-refractivity contribution in [3.8, 4) is 0 Å². The maximum absolute atomic E-state index is 11.0. The highest BCUT2D eigenvalue weighted by molar-refractivity contribution is 5.81. The number of hydrogen-bond donors (Lipinski definition) is 1. The van der Waals surface area contributed by atoms with Crippen LogP contribution in [0.4, 0.5) is 0 Å². The van der Waals surface area contributed by atoms with Crippen LogP contribution in [0.15, 0.2) is 0 Å². The van der Waals surface area contributed by atoms with E-state index in [-0.39, 0.29) is 11.9 Å². The average molecular weight is 128 g/mol. The monoisotopic (exact) mass is 128 g/mol. The lowest BCUT2D eigenvalue weighted by Crippen LogP contribution is -2.51. The van der Waals surface area contributed by atoms with Crippen molar-refractivity contribution in [2.45, 2.75) is 13.0 Å². The van der Waals surface area contributed by atoms with E-state index in [0.717, 1.165) is 13.1 Å². The fraction of sp³-hybridized carbons (Fsp3) is 0.833. The Morgan fingerprint density at radius 2 is 2.44 bits per heavy atom. The Morgan fingerprint density at radius 1 is 1.78 bits per heavy atom. The number of hydrogen-bond acceptors (Lipinski definition) is 2. The number of nitrogens with zero attached hydrogens (tertiary/aromatic N) is 1. The van der Waals surface area contributed by atoms with Crippen molar-refractivity contribution in [3.63, 3.8) is 0 Å². The molecule has 1 aliphatic rings. The third-order valence-corrected chi connectivity index (χ3v) is 1.64. The lowest BCUT2D eigenvalue weighted by atomic mass is 10.2. The fourth-order valence-electron chi connectivity index (χ4n) is 0.977. The number of carbonyl (C=O) groups is 1. The summed E-state index contributed by atoms with van der Waals surface area (Å²) in [5.41, 5.74) is 0. The third-order valence-electron chi connectivity index (χ3n) is 1.64. The Kier molecular flexibility index (Phi) is 1.71. The van der Waals surface area contributed by atoms with Gasteiger partial charge in [0.25, 0.3) is 0 Å².